The van der Waals surface area contributed by atoms with Gasteiger partial charge in [0, 0.05) is 25.9 Å². The standard InChI is InChI=1S/C11H17N3O2S/c1-11(2,15-3)4-7-16-10-8(9(12)17)13-5-6-14-10/h5-6H,4,7H2,1-3H3,(H2,12,17). The molecule has 0 spiro atoms. The maximum absolute atomic E-state index is 5.52. The van der Waals surface area contributed by atoms with Gasteiger partial charge < -0.3 is 15.2 Å². The van der Waals surface area contributed by atoms with Crippen LogP contribution in [0.4, 0.5) is 0 Å². The first-order valence-electron chi connectivity index (χ1n) is 5.25. The van der Waals surface area contributed by atoms with Gasteiger partial charge >= 0.3 is 0 Å². The van der Waals surface area contributed by atoms with Gasteiger partial charge in [0.05, 0.1) is 12.2 Å². The first kappa shape index (κ1) is 13.8. The molecule has 1 aromatic heterocycles. The second-order valence-electron chi connectivity index (χ2n) is 4.14. The number of rotatable bonds is 6. The van der Waals surface area contributed by atoms with Crippen LogP contribution >= 0.6 is 12.2 Å². The Kier molecular flexibility index (Phi) is 4.77. The van der Waals surface area contributed by atoms with Gasteiger partial charge in [-0.15, -0.1) is 0 Å². The lowest BCUT2D eigenvalue weighted by molar-refractivity contribution is 0.00503. The molecule has 2 N–H and O–H groups in total. The van der Waals surface area contributed by atoms with E-state index in [-0.39, 0.29) is 10.6 Å². The fraction of sp³-hybridized carbons (Fsp3) is 0.545. The minimum Gasteiger partial charge on any atom is -0.476 e. The molecule has 0 saturated carbocycles. The lowest BCUT2D eigenvalue weighted by Gasteiger charge is -2.22. The minimum absolute atomic E-state index is 0.180. The Bertz CT molecular complexity index is 396. The summed E-state index contributed by atoms with van der Waals surface area (Å²) in [6.07, 6.45) is 3.80. The lowest BCUT2D eigenvalue weighted by Crippen LogP contribution is -2.25. The van der Waals surface area contributed by atoms with Crippen LogP contribution in [0, 0.1) is 0 Å². The van der Waals surface area contributed by atoms with Crippen LogP contribution in [0.1, 0.15) is 26.0 Å². The van der Waals surface area contributed by atoms with E-state index in [1.54, 1.807) is 13.3 Å². The summed E-state index contributed by atoms with van der Waals surface area (Å²) in [6, 6.07) is 0. The zero-order valence-corrected chi connectivity index (χ0v) is 11.1. The first-order valence-corrected chi connectivity index (χ1v) is 5.66. The van der Waals surface area contributed by atoms with Crippen molar-refractivity contribution < 1.29 is 9.47 Å². The molecule has 0 radical (unpaired) electrons. The predicted molar refractivity (Wildman–Crippen MR) is 69.1 cm³/mol. The zero-order valence-electron chi connectivity index (χ0n) is 10.3. The number of aromatic nitrogens is 2. The smallest absolute Gasteiger partial charge is 0.243 e. The molecule has 6 heteroatoms. The highest BCUT2D eigenvalue weighted by atomic mass is 32.1. The Morgan fingerprint density at radius 2 is 2.06 bits per heavy atom. The second-order valence-corrected chi connectivity index (χ2v) is 4.58. The molecule has 5 nitrogen and oxygen atoms in total. The van der Waals surface area contributed by atoms with Crippen molar-refractivity contribution in [3.63, 3.8) is 0 Å². The van der Waals surface area contributed by atoms with Crippen LogP contribution in [0.15, 0.2) is 12.4 Å². The number of methoxy groups -OCH3 is 1. The van der Waals surface area contributed by atoms with Crippen LogP contribution in [0.5, 0.6) is 5.88 Å². The molecule has 0 aromatic carbocycles. The molecule has 0 aliphatic carbocycles. The molecule has 0 bridgehead atoms. The summed E-state index contributed by atoms with van der Waals surface area (Å²) >= 11 is 4.87. The van der Waals surface area contributed by atoms with Gasteiger partial charge in [0.2, 0.25) is 5.88 Å². The van der Waals surface area contributed by atoms with E-state index >= 15 is 0 Å². The third-order valence-corrected chi connectivity index (χ3v) is 2.59. The fourth-order valence-corrected chi connectivity index (χ4v) is 1.24. The summed E-state index contributed by atoms with van der Waals surface area (Å²) in [4.78, 5) is 8.26. The van der Waals surface area contributed by atoms with Crippen LogP contribution < -0.4 is 10.5 Å². The van der Waals surface area contributed by atoms with Crippen LogP contribution in [-0.2, 0) is 4.74 Å². The summed E-state index contributed by atoms with van der Waals surface area (Å²) in [7, 11) is 1.67. The molecular weight excluding hydrogens is 238 g/mol. The maximum atomic E-state index is 5.52. The summed E-state index contributed by atoms with van der Waals surface area (Å²) in [5.74, 6) is 0.368. The highest BCUT2D eigenvalue weighted by molar-refractivity contribution is 7.80. The quantitative estimate of drug-likeness (QED) is 0.773. The second kappa shape index (κ2) is 5.88. The summed E-state index contributed by atoms with van der Waals surface area (Å²) in [6.45, 7) is 4.44. The van der Waals surface area contributed by atoms with Gasteiger partial charge in [-0.05, 0) is 13.8 Å². The number of nitrogens with zero attached hydrogens (tertiary/aromatic N) is 2. The summed E-state index contributed by atoms with van der Waals surface area (Å²) < 4.78 is 10.8. The van der Waals surface area contributed by atoms with E-state index in [1.165, 1.54) is 6.20 Å². The monoisotopic (exact) mass is 255 g/mol. The number of nitrogens with two attached hydrogens (primary N) is 1. The van der Waals surface area contributed by atoms with Crippen molar-refractivity contribution in [3.05, 3.63) is 18.1 Å². The molecule has 0 aliphatic rings. The molecule has 0 aliphatic heterocycles. The molecule has 1 aromatic rings. The van der Waals surface area contributed by atoms with Crippen LogP contribution in [-0.4, -0.2) is 34.3 Å². The molecule has 0 unspecified atom stereocenters. The molecule has 0 fully saturated rings. The molecule has 1 heterocycles. The highest BCUT2D eigenvalue weighted by Crippen LogP contribution is 2.16. The van der Waals surface area contributed by atoms with Gasteiger partial charge in [-0.25, -0.2) is 9.97 Å². The zero-order chi connectivity index (χ0) is 12.9. The number of hydrogen-bond donors (Lipinski definition) is 1. The van der Waals surface area contributed by atoms with E-state index in [2.05, 4.69) is 9.97 Å². The number of hydrogen-bond acceptors (Lipinski definition) is 5. The Morgan fingerprint density at radius 3 is 2.65 bits per heavy atom. The van der Waals surface area contributed by atoms with Gasteiger partial charge in [-0.2, -0.15) is 0 Å². The topological polar surface area (TPSA) is 70.3 Å². The van der Waals surface area contributed by atoms with Crippen molar-refractivity contribution in [2.45, 2.75) is 25.9 Å². The average Bonchev–Trinajstić information content (AvgIpc) is 2.29. The summed E-state index contributed by atoms with van der Waals surface area (Å²) in [5.41, 5.74) is 5.71. The Hall–Kier alpha value is -1.27. The first-order chi connectivity index (χ1) is 7.96. The van der Waals surface area contributed by atoms with Crippen molar-refractivity contribution >= 4 is 17.2 Å². The van der Waals surface area contributed by atoms with E-state index in [0.717, 1.165) is 6.42 Å². The largest absolute Gasteiger partial charge is 0.476 e. The number of ether oxygens (including phenoxy) is 2. The van der Waals surface area contributed by atoms with Crippen molar-refractivity contribution in [1.82, 2.24) is 9.97 Å². The molecule has 0 saturated heterocycles. The van der Waals surface area contributed by atoms with Crippen molar-refractivity contribution in [2.75, 3.05) is 13.7 Å². The Morgan fingerprint density at radius 1 is 1.41 bits per heavy atom. The van der Waals surface area contributed by atoms with Gasteiger partial charge in [0.15, 0.2) is 5.69 Å². The van der Waals surface area contributed by atoms with E-state index in [0.29, 0.717) is 18.2 Å². The fourth-order valence-electron chi connectivity index (χ4n) is 1.10. The Balaban J connectivity index is 2.61. The third-order valence-electron chi connectivity index (χ3n) is 2.39. The van der Waals surface area contributed by atoms with Crippen molar-refractivity contribution in [1.29, 1.82) is 0 Å². The van der Waals surface area contributed by atoms with Gasteiger partial charge in [-0.3, -0.25) is 0 Å². The van der Waals surface area contributed by atoms with Gasteiger partial charge in [0.1, 0.15) is 4.99 Å². The molecule has 94 valence electrons. The normalized spacial score (nSPS) is 11.2. The predicted octanol–water partition coefficient (Wildman–Crippen LogP) is 1.30. The molecular formula is C11H17N3O2S. The highest BCUT2D eigenvalue weighted by Gasteiger charge is 2.17. The minimum atomic E-state index is -0.231. The third kappa shape index (κ3) is 4.24. The summed E-state index contributed by atoms with van der Waals surface area (Å²) in [5, 5.41) is 0. The van der Waals surface area contributed by atoms with E-state index in [4.69, 9.17) is 27.4 Å². The molecule has 0 atom stereocenters. The van der Waals surface area contributed by atoms with Crippen LogP contribution in [0.3, 0.4) is 0 Å². The van der Waals surface area contributed by atoms with E-state index in [1.807, 2.05) is 13.8 Å². The van der Waals surface area contributed by atoms with Crippen molar-refractivity contribution in [3.8, 4) is 5.88 Å². The van der Waals surface area contributed by atoms with Crippen LogP contribution in [0.2, 0.25) is 0 Å². The van der Waals surface area contributed by atoms with E-state index < -0.39 is 0 Å². The SMILES string of the molecule is COC(C)(C)CCOc1nccnc1C(N)=S. The lowest BCUT2D eigenvalue weighted by atomic mass is 10.1. The van der Waals surface area contributed by atoms with Crippen LogP contribution in [0.25, 0.3) is 0 Å². The maximum Gasteiger partial charge on any atom is 0.243 e. The Labute approximate surface area is 106 Å². The van der Waals surface area contributed by atoms with Gasteiger partial charge in [-0.1, -0.05) is 12.2 Å². The van der Waals surface area contributed by atoms with Gasteiger partial charge in [0.25, 0.3) is 0 Å². The molecule has 0 amide bonds. The molecule has 17 heavy (non-hydrogen) atoms. The average molecular weight is 255 g/mol. The van der Waals surface area contributed by atoms with E-state index in [9.17, 15) is 0 Å². The number of thiocarbonyl (C=S) groups is 1. The molecule has 1 rings (SSSR count). The van der Waals surface area contributed by atoms with Crippen molar-refractivity contribution in [2.24, 2.45) is 5.73 Å².